The summed E-state index contributed by atoms with van der Waals surface area (Å²) in [5, 5.41) is 0. The standard InChI is InChI=1S/C25H25FN4O2/c26-19-7-9-20(10-8-19)27-14-16-28(17-15-27)24(31)11-12-25(32)30-18-21-4-3-13-29(21)22-5-1-2-6-23(22)30/h1-10,13H,11-12,14-18H2. The van der Waals surface area contributed by atoms with Gasteiger partial charge in [-0.3, -0.25) is 9.59 Å². The summed E-state index contributed by atoms with van der Waals surface area (Å²) in [6.07, 6.45) is 2.40. The van der Waals surface area contributed by atoms with Crippen LogP contribution in [-0.2, 0) is 16.1 Å². The number of hydrogen-bond donors (Lipinski definition) is 0. The molecule has 2 aromatic carbocycles. The van der Waals surface area contributed by atoms with Gasteiger partial charge in [-0.2, -0.15) is 0 Å². The molecule has 3 heterocycles. The van der Waals surface area contributed by atoms with Gasteiger partial charge in [0.05, 0.1) is 17.9 Å². The number of carbonyl (C=O) groups excluding carboxylic acids is 2. The molecule has 0 spiro atoms. The minimum absolute atomic E-state index is 0.00535. The smallest absolute Gasteiger partial charge is 0.227 e. The number of para-hydroxylation sites is 2. The van der Waals surface area contributed by atoms with Crippen molar-refractivity contribution in [1.29, 1.82) is 0 Å². The van der Waals surface area contributed by atoms with Gasteiger partial charge in [-0.25, -0.2) is 4.39 Å². The van der Waals surface area contributed by atoms with E-state index in [0.29, 0.717) is 32.7 Å². The molecule has 2 aliphatic rings. The maximum Gasteiger partial charge on any atom is 0.227 e. The van der Waals surface area contributed by atoms with Gasteiger partial charge in [0.15, 0.2) is 0 Å². The van der Waals surface area contributed by atoms with E-state index in [9.17, 15) is 14.0 Å². The van der Waals surface area contributed by atoms with Crippen molar-refractivity contribution in [3.05, 3.63) is 78.4 Å². The van der Waals surface area contributed by atoms with Crippen LogP contribution in [0.4, 0.5) is 15.8 Å². The highest BCUT2D eigenvalue weighted by Crippen LogP contribution is 2.32. The molecule has 32 heavy (non-hydrogen) atoms. The van der Waals surface area contributed by atoms with Crippen LogP contribution >= 0.6 is 0 Å². The lowest BCUT2D eigenvalue weighted by atomic mass is 10.1. The number of benzene rings is 2. The largest absolute Gasteiger partial charge is 0.368 e. The Bertz CT molecular complexity index is 1130. The van der Waals surface area contributed by atoms with Crippen molar-refractivity contribution in [2.45, 2.75) is 19.4 Å². The van der Waals surface area contributed by atoms with Crippen molar-refractivity contribution in [2.75, 3.05) is 36.0 Å². The molecule has 0 bridgehead atoms. The average Bonchev–Trinajstić information content (AvgIpc) is 3.31. The number of anilines is 2. The molecule has 1 saturated heterocycles. The van der Waals surface area contributed by atoms with E-state index in [4.69, 9.17) is 0 Å². The van der Waals surface area contributed by atoms with E-state index in [0.717, 1.165) is 22.8 Å². The number of amides is 2. The molecule has 2 amide bonds. The first-order valence-corrected chi connectivity index (χ1v) is 10.9. The number of hydrogen-bond acceptors (Lipinski definition) is 3. The van der Waals surface area contributed by atoms with Crippen LogP contribution < -0.4 is 9.80 Å². The third kappa shape index (κ3) is 3.86. The molecular formula is C25H25FN4O2. The third-order valence-corrected chi connectivity index (χ3v) is 6.26. The maximum absolute atomic E-state index is 13.1. The Morgan fingerprint density at radius 2 is 1.47 bits per heavy atom. The van der Waals surface area contributed by atoms with Crippen LogP contribution in [0.1, 0.15) is 18.5 Å². The predicted molar refractivity (Wildman–Crippen MR) is 121 cm³/mol. The number of aromatic nitrogens is 1. The van der Waals surface area contributed by atoms with Crippen molar-refractivity contribution in [1.82, 2.24) is 9.47 Å². The number of fused-ring (bicyclic) bond motifs is 3. The summed E-state index contributed by atoms with van der Waals surface area (Å²) in [4.78, 5) is 31.6. The van der Waals surface area contributed by atoms with Crippen molar-refractivity contribution in [3.8, 4) is 5.69 Å². The molecule has 3 aromatic rings. The molecule has 0 radical (unpaired) electrons. The fourth-order valence-electron chi connectivity index (χ4n) is 4.52. The average molecular weight is 432 g/mol. The lowest BCUT2D eigenvalue weighted by Gasteiger charge is -2.36. The Morgan fingerprint density at radius 3 is 2.22 bits per heavy atom. The van der Waals surface area contributed by atoms with E-state index in [-0.39, 0.29) is 30.5 Å². The summed E-state index contributed by atoms with van der Waals surface area (Å²) in [5.74, 6) is -0.286. The summed E-state index contributed by atoms with van der Waals surface area (Å²) in [6.45, 7) is 3.10. The lowest BCUT2D eigenvalue weighted by molar-refractivity contribution is -0.133. The molecule has 164 valence electrons. The molecule has 1 fully saturated rings. The normalized spacial score (nSPS) is 15.3. The van der Waals surface area contributed by atoms with Gasteiger partial charge in [-0.05, 0) is 48.5 Å². The van der Waals surface area contributed by atoms with Crippen molar-refractivity contribution < 1.29 is 14.0 Å². The molecule has 0 N–H and O–H groups in total. The summed E-state index contributed by atoms with van der Waals surface area (Å²) < 4.78 is 15.2. The zero-order valence-corrected chi connectivity index (χ0v) is 17.8. The SMILES string of the molecule is O=C(CCC(=O)N1Cc2cccn2-c2ccccc21)N1CCN(c2ccc(F)cc2)CC1. The molecule has 0 saturated carbocycles. The number of nitrogens with zero attached hydrogens (tertiary/aromatic N) is 4. The van der Waals surface area contributed by atoms with Crippen molar-refractivity contribution in [3.63, 3.8) is 0 Å². The lowest BCUT2D eigenvalue weighted by Crippen LogP contribution is -2.49. The number of carbonyl (C=O) groups is 2. The van der Waals surface area contributed by atoms with Gasteiger partial charge in [-0.15, -0.1) is 0 Å². The molecule has 2 aliphatic heterocycles. The minimum Gasteiger partial charge on any atom is -0.368 e. The molecule has 5 rings (SSSR count). The topological polar surface area (TPSA) is 48.8 Å². The molecular weight excluding hydrogens is 407 g/mol. The second-order valence-corrected chi connectivity index (χ2v) is 8.18. The van der Waals surface area contributed by atoms with Crippen LogP contribution in [0.25, 0.3) is 5.69 Å². The Morgan fingerprint density at radius 1 is 0.781 bits per heavy atom. The second-order valence-electron chi connectivity index (χ2n) is 8.18. The maximum atomic E-state index is 13.1. The highest BCUT2D eigenvalue weighted by atomic mass is 19.1. The summed E-state index contributed by atoms with van der Waals surface area (Å²) >= 11 is 0. The van der Waals surface area contributed by atoms with Crippen molar-refractivity contribution >= 4 is 23.2 Å². The Balaban J connectivity index is 1.17. The first kappa shape index (κ1) is 20.3. The van der Waals surface area contributed by atoms with Crippen LogP contribution in [-0.4, -0.2) is 47.5 Å². The zero-order valence-electron chi connectivity index (χ0n) is 17.8. The van der Waals surface area contributed by atoms with Crippen molar-refractivity contribution in [2.24, 2.45) is 0 Å². The molecule has 7 heteroatoms. The van der Waals surface area contributed by atoms with Gasteiger partial charge in [0, 0.05) is 56.6 Å². The Kier molecular flexibility index (Phi) is 5.39. The predicted octanol–water partition coefficient (Wildman–Crippen LogP) is 3.59. The molecule has 1 aromatic heterocycles. The molecule has 0 unspecified atom stereocenters. The first-order chi connectivity index (χ1) is 15.6. The van der Waals surface area contributed by atoms with Crippen LogP contribution in [0.5, 0.6) is 0 Å². The van der Waals surface area contributed by atoms with Gasteiger partial charge in [0.1, 0.15) is 5.82 Å². The Hall–Kier alpha value is -3.61. The zero-order chi connectivity index (χ0) is 22.1. The number of halogens is 1. The van der Waals surface area contributed by atoms with E-state index in [1.54, 1.807) is 17.0 Å². The van der Waals surface area contributed by atoms with E-state index >= 15 is 0 Å². The van der Waals surface area contributed by atoms with Crippen LogP contribution in [0.15, 0.2) is 66.9 Å². The first-order valence-electron chi connectivity index (χ1n) is 10.9. The fourth-order valence-corrected chi connectivity index (χ4v) is 4.52. The summed E-state index contributed by atoms with van der Waals surface area (Å²) in [7, 11) is 0. The van der Waals surface area contributed by atoms with E-state index in [2.05, 4.69) is 9.47 Å². The monoisotopic (exact) mass is 432 g/mol. The van der Waals surface area contributed by atoms with E-state index in [1.807, 2.05) is 47.5 Å². The fraction of sp³-hybridized carbons (Fsp3) is 0.280. The van der Waals surface area contributed by atoms with Gasteiger partial charge in [0.25, 0.3) is 0 Å². The van der Waals surface area contributed by atoms with Gasteiger partial charge in [0.2, 0.25) is 11.8 Å². The van der Waals surface area contributed by atoms with Crippen LogP contribution in [0, 0.1) is 5.82 Å². The molecule has 0 atom stereocenters. The molecule has 6 nitrogen and oxygen atoms in total. The van der Waals surface area contributed by atoms with Gasteiger partial charge < -0.3 is 19.3 Å². The summed E-state index contributed by atoms with van der Waals surface area (Å²) in [6, 6.07) is 18.3. The summed E-state index contributed by atoms with van der Waals surface area (Å²) in [5.41, 5.74) is 3.87. The highest BCUT2D eigenvalue weighted by molar-refractivity contribution is 5.97. The highest BCUT2D eigenvalue weighted by Gasteiger charge is 2.27. The van der Waals surface area contributed by atoms with E-state index < -0.39 is 0 Å². The Labute approximate surface area is 186 Å². The molecule has 0 aliphatic carbocycles. The second kappa shape index (κ2) is 8.49. The van der Waals surface area contributed by atoms with Gasteiger partial charge >= 0.3 is 0 Å². The third-order valence-electron chi connectivity index (χ3n) is 6.26. The minimum atomic E-state index is -0.253. The quantitative estimate of drug-likeness (QED) is 0.633. The van der Waals surface area contributed by atoms with Crippen LogP contribution in [0.3, 0.4) is 0 Å². The number of rotatable bonds is 4. The van der Waals surface area contributed by atoms with Gasteiger partial charge in [-0.1, -0.05) is 12.1 Å². The number of piperazine rings is 1. The van der Waals surface area contributed by atoms with Crippen LogP contribution in [0.2, 0.25) is 0 Å². The van der Waals surface area contributed by atoms with E-state index in [1.165, 1.54) is 12.1 Å².